The highest BCUT2D eigenvalue weighted by atomic mass is 16.5. The second kappa shape index (κ2) is 9.17. The maximum Gasteiger partial charge on any atom is 0.203 e. The number of hydrogen-bond acceptors (Lipinski definition) is 6. The molecular formula is C22H28N2O4. The molecule has 0 saturated carbocycles. The monoisotopic (exact) mass is 384 g/mol. The Kier molecular flexibility index (Phi) is 6.93. The molecule has 0 aromatic heterocycles. The lowest BCUT2D eigenvalue weighted by atomic mass is 9.97. The van der Waals surface area contributed by atoms with Crippen molar-refractivity contribution in [2.75, 3.05) is 46.1 Å². The minimum absolute atomic E-state index is 0.0728. The summed E-state index contributed by atoms with van der Waals surface area (Å²) < 4.78 is 16.3. The van der Waals surface area contributed by atoms with E-state index in [1.807, 2.05) is 44.1 Å². The molecule has 0 unspecified atom stereocenters. The number of carbonyl (C=O) groups is 1. The zero-order valence-corrected chi connectivity index (χ0v) is 17.3. The van der Waals surface area contributed by atoms with Gasteiger partial charge < -0.3 is 24.8 Å². The average molecular weight is 384 g/mol. The minimum Gasteiger partial charge on any atom is -0.493 e. The Bertz CT molecular complexity index is 888. The Morgan fingerprint density at radius 2 is 1.71 bits per heavy atom. The number of nitrogen functional groups attached to an aromatic ring is 1. The number of allylic oxidation sites excluding steroid dienone is 1. The van der Waals surface area contributed by atoms with Gasteiger partial charge in [0.2, 0.25) is 5.75 Å². The number of anilines is 2. The van der Waals surface area contributed by atoms with Gasteiger partial charge in [0.1, 0.15) is 0 Å². The molecule has 0 fully saturated rings. The minimum atomic E-state index is -0.0728. The van der Waals surface area contributed by atoms with Gasteiger partial charge in [-0.25, -0.2) is 0 Å². The number of benzene rings is 2. The maximum atomic E-state index is 13.1. The Hall–Kier alpha value is -3.15. The van der Waals surface area contributed by atoms with Crippen molar-refractivity contribution in [3.8, 4) is 17.2 Å². The van der Waals surface area contributed by atoms with Crippen molar-refractivity contribution in [3.05, 3.63) is 47.0 Å². The lowest BCUT2D eigenvalue weighted by Crippen LogP contribution is -2.12. The number of rotatable bonds is 8. The van der Waals surface area contributed by atoms with E-state index >= 15 is 0 Å². The molecule has 0 heterocycles. The first-order valence-corrected chi connectivity index (χ1v) is 8.98. The fourth-order valence-electron chi connectivity index (χ4n) is 3.04. The van der Waals surface area contributed by atoms with Gasteiger partial charge in [0.15, 0.2) is 17.3 Å². The van der Waals surface area contributed by atoms with Crippen molar-refractivity contribution in [2.45, 2.75) is 13.3 Å². The largest absolute Gasteiger partial charge is 0.493 e. The predicted molar refractivity (Wildman–Crippen MR) is 114 cm³/mol. The topological polar surface area (TPSA) is 74.0 Å². The normalized spacial score (nSPS) is 11.1. The van der Waals surface area contributed by atoms with Crippen LogP contribution in [-0.2, 0) is 0 Å². The van der Waals surface area contributed by atoms with Crippen LogP contribution in [0.5, 0.6) is 17.2 Å². The van der Waals surface area contributed by atoms with E-state index in [1.165, 1.54) is 0 Å². The third kappa shape index (κ3) is 4.22. The van der Waals surface area contributed by atoms with Gasteiger partial charge in [-0.15, -0.1) is 0 Å². The van der Waals surface area contributed by atoms with Gasteiger partial charge in [0, 0.05) is 30.8 Å². The first-order chi connectivity index (χ1) is 13.4. The summed E-state index contributed by atoms with van der Waals surface area (Å²) in [6, 6.07) is 8.99. The van der Waals surface area contributed by atoms with Gasteiger partial charge in [-0.05, 0) is 42.8 Å². The second-order valence-corrected chi connectivity index (χ2v) is 6.44. The van der Waals surface area contributed by atoms with Crippen LogP contribution < -0.4 is 24.8 Å². The zero-order valence-electron chi connectivity index (χ0n) is 17.3. The highest BCUT2D eigenvalue weighted by molar-refractivity contribution is 6.12. The van der Waals surface area contributed by atoms with Crippen molar-refractivity contribution in [1.82, 2.24) is 0 Å². The van der Waals surface area contributed by atoms with Crippen LogP contribution in [0.2, 0.25) is 0 Å². The number of nitrogens with zero attached hydrogens (tertiary/aromatic N) is 1. The predicted octanol–water partition coefficient (Wildman–Crippen LogP) is 4.04. The fraction of sp³-hybridized carbons (Fsp3) is 0.318. The van der Waals surface area contributed by atoms with Gasteiger partial charge in [-0.3, -0.25) is 4.79 Å². The van der Waals surface area contributed by atoms with E-state index in [2.05, 4.69) is 0 Å². The van der Waals surface area contributed by atoms with Crippen LogP contribution in [0.3, 0.4) is 0 Å². The molecule has 28 heavy (non-hydrogen) atoms. The number of carbonyl (C=O) groups excluding carboxylic acids is 1. The van der Waals surface area contributed by atoms with Gasteiger partial charge in [-0.2, -0.15) is 0 Å². The molecule has 0 aliphatic heterocycles. The second-order valence-electron chi connectivity index (χ2n) is 6.44. The van der Waals surface area contributed by atoms with Crippen molar-refractivity contribution in [2.24, 2.45) is 0 Å². The highest BCUT2D eigenvalue weighted by Gasteiger charge is 2.18. The molecule has 2 aromatic rings. The molecule has 150 valence electrons. The number of methoxy groups -OCH3 is 3. The smallest absolute Gasteiger partial charge is 0.203 e. The molecule has 2 N–H and O–H groups in total. The summed E-state index contributed by atoms with van der Waals surface area (Å²) in [5.41, 5.74) is 9.48. The Balaban J connectivity index is 2.49. The highest BCUT2D eigenvalue weighted by Crippen LogP contribution is 2.40. The van der Waals surface area contributed by atoms with Crippen LogP contribution in [0, 0.1) is 0 Å². The van der Waals surface area contributed by atoms with Gasteiger partial charge in [0.25, 0.3) is 0 Å². The van der Waals surface area contributed by atoms with E-state index in [-0.39, 0.29) is 5.78 Å². The summed E-state index contributed by atoms with van der Waals surface area (Å²) in [4.78, 5) is 15.0. The molecule has 0 bridgehead atoms. The molecule has 2 aromatic carbocycles. The average Bonchev–Trinajstić information content (AvgIpc) is 2.70. The SMILES string of the molecule is CC/C(=C\c1ccc(OC)c(OC)c1OC)C(=O)c1ccc(N(C)C)c(N)c1. The third-order valence-corrected chi connectivity index (χ3v) is 4.51. The first-order valence-electron chi connectivity index (χ1n) is 8.98. The fourth-order valence-corrected chi connectivity index (χ4v) is 3.04. The lowest BCUT2D eigenvalue weighted by Gasteiger charge is -2.16. The number of ketones is 1. The van der Waals surface area contributed by atoms with Crippen LogP contribution >= 0.6 is 0 Å². The number of hydrogen-bond donors (Lipinski definition) is 1. The van der Waals surface area contributed by atoms with Crippen LogP contribution in [0.25, 0.3) is 6.08 Å². The lowest BCUT2D eigenvalue weighted by molar-refractivity contribution is 0.103. The molecule has 6 heteroatoms. The summed E-state index contributed by atoms with van der Waals surface area (Å²) in [5, 5.41) is 0. The summed E-state index contributed by atoms with van der Waals surface area (Å²) >= 11 is 0. The van der Waals surface area contributed by atoms with E-state index in [4.69, 9.17) is 19.9 Å². The van der Waals surface area contributed by atoms with Gasteiger partial charge in [0.05, 0.1) is 32.7 Å². The van der Waals surface area contributed by atoms with Crippen LogP contribution in [-0.4, -0.2) is 41.2 Å². The first kappa shape index (κ1) is 21.2. The molecule has 0 atom stereocenters. The Labute approximate surface area is 166 Å². The molecule has 6 nitrogen and oxygen atoms in total. The summed E-state index contributed by atoms with van der Waals surface area (Å²) in [7, 11) is 8.50. The third-order valence-electron chi connectivity index (χ3n) is 4.51. The van der Waals surface area contributed by atoms with Crippen molar-refractivity contribution in [3.63, 3.8) is 0 Å². The van der Waals surface area contributed by atoms with Gasteiger partial charge in [-0.1, -0.05) is 6.92 Å². The van der Waals surface area contributed by atoms with Crippen LogP contribution in [0.1, 0.15) is 29.3 Å². The molecule has 0 spiro atoms. The van der Waals surface area contributed by atoms with E-state index in [9.17, 15) is 4.79 Å². The van der Waals surface area contributed by atoms with E-state index < -0.39 is 0 Å². The molecule has 0 amide bonds. The maximum absolute atomic E-state index is 13.1. The number of ether oxygens (including phenoxy) is 3. The Morgan fingerprint density at radius 3 is 2.21 bits per heavy atom. The molecule has 0 radical (unpaired) electrons. The standard InChI is InChI=1S/C22H28N2O4/c1-7-14(20(25)15-8-10-18(24(2)3)17(23)13-15)12-16-9-11-19(26-4)22(28-6)21(16)27-5/h8-13H,7,23H2,1-6H3/b14-12+. The molecule has 0 aliphatic carbocycles. The molecular weight excluding hydrogens is 356 g/mol. The van der Waals surface area contributed by atoms with Gasteiger partial charge >= 0.3 is 0 Å². The van der Waals surface area contributed by atoms with E-state index in [0.29, 0.717) is 40.5 Å². The van der Waals surface area contributed by atoms with Crippen molar-refractivity contribution < 1.29 is 19.0 Å². The van der Waals surface area contributed by atoms with Crippen molar-refractivity contribution in [1.29, 1.82) is 0 Å². The van der Waals surface area contributed by atoms with E-state index in [0.717, 1.165) is 11.3 Å². The van der Waals surface area contributed by atoms with Crippen LogP contribution in [0.15, 0.2) is 35.9 Å². The Morgan fingerprint density at radius 1 is 1.04 bits per heavy atom. The van der Waals surface area contributed by atoms with Crippen molar-refractivity contribution >= 4 is 23.2 Å². The quantitative estimate of drug-likeness (QED) is 0.421. The number of Topliss-reactive ketones (excluding diaryl/α,β-unsaturated/α-hetero) is 1. The summed E-state index contributed by atoms with van der Waals surface area (Å²) in [6.45, 7) is 1.94. The summed E-state index contributed by atoms with van der Waals surface area (Å²) in [6.07, 6.45) is 2.38. The summed E-state index contributed by atoms with van der Waals surface area (Å²) in [5.74, 6) is 1.49. The zero-order chi connectivity index (χ0) is 20.8. The van der Waals surface area contributed by atoms with Crippen LogP contribution in [0.4, 0.5) is 11.4 Å². The number of nitrogens with two attached hydrogens (primary N) is 1. The van der Waals surface area contributed by atoms with E-state index in [1.54, 1.807) is 39.5 Å². The molecule has 0 aliphatic rings. The molecule has 2 rings (SSSR count). The molecule has 0 saturated heterocycles.